The summed E-state index contributed by atoms with van der Waals surface area (Å²) in [5, 5.41) is 3.45. The second-order valence-electron chi connectivity index (χ2n) is 4.10. The number of para-hydroxylation sites is 1. The van der Waals surface area contributed by atoms with Gasteiger partial charge in [0.05, 0.1) is 17.4 Å². The van der Waals surface area contributed by atoms with Crippen molar-refractivity contribution in [3.8, 4) is 0 Å². The second-order valence-corrected chi connectivity index (χ2v) is 4.10. The lowest BCUT2D eigenvalue weighted by molar-refractivity contribution is 0.205. The normalized spacial score (nSPS) is 17.9. The maximum Gasteiger partial charge on any atom is 0.0579 e. The van der Waals surface area contributed by atoms with Crippen LogP contribution in [-0.4, -0.2) is 31.1 Å². The van der Waals surface area contributed by atoms with Gasteiger partial charge in [0.25, 0.3) is 0 Å². The zero-order chi connectivity index (χ0) is 10.1. The van der Waals surface area contributed by atoms with E-state index in [4.69, 9.17) is 5.73 Å². The highest BCUT2D eigenvalue weighted by molar-refractivity contribution is 5.70. The summed E-state index contributed by atoms with van der Waals surface area (Å²) in [6.45, 7) is 4.24. The van der Waals surface area contributed by atoms with E-state index in [0.29, 0.717) is 6.04 Å². The van der Waals surface area contributed by atoms with Crippen molar-refractivity contribution in [2.75, 3.05) is 31.2 Å². The third kappa shape index (κ3) is 1.68. The van der Waals surface area contributed by atoms with E-state index in [1.54, 1.807) is 0 Å². The number of nitrogens with two attached hydrogens (primary N) is 1. The van der Waals surface area contributed by atoms with Crippen molar-refractivity contribution in [2.24, 2.45) is 0 Å². The number of likely N-dealkylation sites (N-methyl/N-ethyl adjacent to an activating group) is 1. The van der Waals surface area contributed by atoms with Gasteiger partial charge in [-0.25, -0.2) is 0 Å². The minimum Gasteiger partial charge on any atom is -0.397 e. The number of likely N-dealkylation sites (tertiary alicyclic amines) is 1. The van der Waals surface area contributed by atoms with Crippen molar-refractivity contribution < 1.29 is 0 Å². The van der Waals surface area contributed by atoms with Gasteiger partial charge >= 0.3 is 0 Å². The van der Waals surface area contributed by atoms with Gasteiger partial charge in [0.2, 0.25) is 0 Å². The molecule has 1 aromatic carbocycles. The summed E-state index contributed by atoms with van der Waals surface area (Å²) in [6, 6.07) is 6.67. The van der Waals surface area contributed by atoms with E-state index >= 15 is 0 Å². The van der Waals surface area contributed by atoms with Crippen LogP contribution < -0.4 is 11.1 Å². The molecule has 1 aromatic rings. The summed E-state index contributed by atoms with van der Waals surface area (Å²) in [6.07, 6.45) is 0. The largest absolute Gasteiger partial charge is 0.397 e. The van der Waals surface area contributed by atoms with Gasteiger partial charge < -0.3 is 16.0 Å². The first kappa shape index (κ1) is 9.34. The molecule has 2 rings (SSSR count). The molecule has 1 aliphatic heterocycles. The molecule has 1 fully saturated rings. The molecule has 3 N–H and O–H groups in total. The molecule has 0 bridgehead atoms. The SMILES string of the molecule is Cc1cccc(NC2CN(C)C2)c1N. The fourth-order valence-electron chi connectivity index (χ4n) is 1.82. The van der Waals surface area contributed by atoms with Crippen LogP contribution in [0.1, 0.15) is 5.56 Å². The van der Waals surface area contributed by atoms with Gasteiger partial charge in [0, 0.05) is 13.1 Å². The van der Waals surface area contributed by atoms with Crippen molar-refractivity contribution in [3.63, 3.8) is 0 Å². The Morgan fingerprint density at radius 1 is 1.43 bits per heavy atom. The van der Waals surface area contributed by atoms with Crippen LogP contribution in [0.2, 0.25) is 0 Å². The van der Waals surface area contributed by atoms with Crippen LogP contribution in [0.15, 0.2) is 18.2 Å². The second kappa shape index (κ2) is 3.50. The van der Waals surface area contributed by atoms with Crippen molar-refractivity contribution in [1.29, 1.82) is 0 Å². The molecule has 0 atom stereocenters. The van der Waals surface area contributed by atoms with Gasteiger partial charge in [-0.3, -0.25) is 0 Å². The number of rotatable bonds is 2. The van der Waals surface area contributed by atoms with E-state index in [-0.39, 0.29) is 0 Å². The van der Waals surface area contributed by atoms with Crippen LogP contribution in [0, 0.1) is 6.92 Å². The highest BCUT2D eigenvalue weighted by Gasteiger charge is 2.23. The van der Waals surface area contributed by atoms with E-state index in [1.807, 2.05) is 25.1 Å². The fraction of sp³-hybridized carbons (Fsp3) is 0.455. The third-order valence-electron chi connectivity index (χ3n) is 2.75. The number of benzene rings is 1. The Kier molecular flexibility index (Phi) is 2.33. The lowest BCUT2D eigenvalue weighted by Crippen LogP contribution is -2.52. The molecule has 0 saturated carbocycles. The molecule has 0 amide bonds. The molecule has 1 heterocycles. The smallest absolute Gasteiger partial charge is 0.0579 e. The summed E-state index contributed by atoms with van der Waals surface area (Å²) in [5.74, 6) is 0. The Labute approximate surface area is 84.9 Å². The molecule has 1 saturated heterocycles. The monoisotopic (exact) mass is 191 g/mol. The summed E-state index contributed by atoms with van der Waals surface area (Å²) in [5.41, 5.74) is 9.06. The van der Waals surface area contributed by atoms with Crippen molar-refractivity contribution in [3.05, 3.63) is 23.8 Å². The summed E-state index contributed by atoms with van der Waals surface area (Å²) < 4.78 is 0. The minimum absolute atomic E-state index is 0.559. The summed E-state index contributed by atoms with van der Waals surface area (Å²) in [7, 11) is 2.12. The third-order valence-corrected chi connectivity index (χ3v) is 2.75. The lowest BCUT2D eigenvalue weighted by atomic mass is 10.1. The van der Waals surface area contributed by atoms with Gasteiger partial charge in [-0.05, 0) is 25.6 Å². The molecule has 0 radical (unpaired) electrons. The molecule has 0 unspecified atom stereocenters. The topological polar surface area (TPSA) is 41.3 Å². The fourth-order valence-corrected chi connectivity index (χ4v) is 1.82. The summed E-state index contributed by atoms with van der Waals surface area (Å²) >= 11 is 0. The molecule has 1 aliphatic rings. The molecular weight excluding hydrogens is 174 g/mol. The van der Waals surface area contributed by atoms with E-state index < -0.39 is 0 Å². The van der Waals surface area contributed by atoms with Crippen molar-refractivity contribution in [2.45, 2.75) is 13.0 Å². The number of hydrogen-bond acceptors (Lipinski definition) is 3. The maximum absolute atomic E-state index is 5.97. The first-order chi connectivity index (χ1) is 6.66. The van der Waals surface area contributed by atoms with Crippen LogP contribution >= 0.6 is 0 Å². The average molecular weight is 191 g/mol. The number of nitrogen functional groups attached to an aromatic ring is 1. The van der Waals surface area contributed by atoms with Crippen LogP contribution in [0.5, 0.6) is 0 Å². The minimum atomic E-state index is 0.559. The van der Waals surface area contributed by atoms with Crippen LogP contribution in [0.4, 0.5) is 11.4 Å². The van der Waals surface area contributed by atoms with Crippen LogP contribution in [0.25, 0.3) is 0 Å². The lowest BCUT2D eigenvalue weighted by Gasteiger charge is -2.37. The molecular formula is C11H17N3. The molecule has 14 heavy (non-hydrogen) atoms. The number of nitrogens with one attached hydrogen (secondary N) is 1. The van der Waals surface area contributed by atoms with Gasteiger partial charge in [-0.2, -0.15) is 0 Å². The van der Waals surface area contributed by atoms with Crippen LogP contribution in [0.3, 0.4) is 0 Å². The molecule has 76 valence electrons. The molecule has 3 heteroatoms. The van der Waals surface area contributed by atoms with Gasteiger partial charge in [-0.15, -0.1) is 0 Å². The van der Waals surface area contributed by atoms with Gasteiger partial charge in [0.1, 0.15) is 0 Å². The quantitative estimate of drug-likeness (QED) is 0.692. The highest BCUT2D eigenvalue weighted by atomic mass is 15.2. The Morgan fingerprint density at radius 3 is 2.79 bits per heavy atom. The standard InChI is InChI=1S/C11H17N3/c1-8-4-3-5-10(11(8)12)13-9-6-14(2)7-9/h3-5,9,13H,6-7,12H2,1-2H3. The Morgan fingerprint density at radius 2 is 2.14 bits per heavy atom. The molecule has 0 aromatic heterocycles. The van der Waals surface area contributed by atoms with Gasteiger partial charge in [0.15, 0.2) is 0 Å². The predicted octanol–water partition coefficient (Wildman–Crippen LogP) is 1.30. The van der Waals surface area contributed by atoms with Crippen molar-refractivity contribution >= 4 is 11.4 Å². The summed E-state index contributed by atoms with van der Waals surface area (Å²) in [4.78, 5) is 2.28. The predicted molar refractivity (Wildman–Crippen MR) is 60.5 cm³/mol. The molecule has 0 aliphatic carbocycles. The van der Waals surface area contributed by atoms with E-state index in [2.05, 4.69) is 17.3 Å². The zero-order valence-corrected chi connectivity index (χ0v) is 8.75. The Hall–Kier alpha value is -1.22. The number of hydrogen-bond donors (Lipinski definition) is 2. The molecule has 0 spiro atoms. The number of anilines is 2. The average Bonchev–Trinajstić information content (AvgIpc) is 2.10. The van der Waals surface area contributed by atoms with Crippen molar-refractivity contribution in [1.82, 2.24) is 4.90 Å². The van der Waals surface area contributed by atoms with E-state index in [9.17, 15) is 0 Å². The van der Waals surface area contributed by atoms with Gasteiger partial charge in [-0.1, -0.05) is 12.1 Å². The zero-order valence-electron chi connectivity index (χ0n) is 8.75. The van der Waals surface area contributed by atoms with Crippen LogP contribution in [-0.2, 0) is 0 Å². The molecule has 3 nitrogen and oxygen atoms in total. The number of nitrogens with zero attached hydrogens (tertiary/aromatic N) is 1. The highest BCUT2D eigenvalue weighted by Crippen LogP contribution is 2.23. The maximum atomic E-state index is 5.97. The Balaban J connectivity index is 2.06. The van der Waals surface area contributed by atoms with E-state index in [0.717, 1.165) is 30.0 Å². The first-order valence-corrected chi connectivity index (χ1v) is 4.97. The number of aryl methyl sites for hydroxylation is 1. The Bertz CT molecular complexity index is 329. The van der Waals surface area contributed by atoms with E-state index in [1.165, 1.54) is 0 Å². The first-order valence-electron chi connectivity index (χ1n) is 4.97.